The Morgan fingerprint density at radius 1 is 1.12 bits per heavy atom. The van der Waals surface area contributed by atoms with Gasteiger partial charge >= 0.3 is 0 Å². The van der Waals surface area contributed by atoms with Crippen molar-refractivity contribution in [3.63, 3.8) is 0 Å². The van der Waals surface area contributed by atoms with Crippen molar-refractivity contribution in [3.8, 4) is 5.75 Å². The van der Waals surface area contributed by atoms with Crippen LogP contribution in [0.4, 0.5) is 0 Å². The van der Waals surface area contributed by atoms with E-state index < -0.39 is 10.8 Å². The first kappa shape index (κ1) is 18.7. The second kappa shape index (κ2) is 7.97. The first-order valence-corrected chi connectivity index (χ1v) is 9.02. The molecule has 1 N–H and O–H groups in total. The minimum Gasteiger partial charge on any atom is -0.508 e. The first-order chi connectivity index (χ1) is 11.1. The third-order valence-electron chi connectivity index (χ3n) is 3.99. The van der Waals surface area contributed by atoms with Crippen LogP contribution >= 0.6 is 12.4 Å². The van der Waals surface area contributed by atoms with E-state index in [9.17, 15) is 9.32 Å². The molecule has 3 rings (SSSR count). The van der Waals surface area contributed by atoms with E-state index in [-0.39, 0.29) is 18.2 Å². The summed E-state index contributed by atoms with van der Waals surface area (Å²) < 4.78 is 12.6. The highest BCUT2D eigenvalue weighted by Crippen LogP contribution is 2.36. The van der Waals surface area contributed by atoms with E-state index in [0.29, 0.717) is 5.75 Å². The maximum Gasteiger partial charge on any atom is 0.116 e. The molecule has 5 heteroatoms. The number of rotatable bonds is 3. The fourth-order valence-electron chi connectivity index (χ4n) is 3.07. The zero-order valence-corrected chi connectivity index (χ0v) is 15.5. The van der Waals surface area contributed by atoms with Gasteiger partial charge in [0.1, 0.15) is 5.75 Å². The van der Waals surface area contributed by atoms with Gasteiger partial charge in [-0.3, -0.25) is 4.21 Å². The Labute approximate surface area is 151 Å². The Hall–Kier alpha value is -1.62. The van der Waals surface area contributed by atoms with Crippen LogP contribution in [0.15, 0.2) is 59.0 Å². The lowest BCUT2D eigenvalue weighted by Gasteiger charge is -2.18. The Bertz CT molecular complexity index is 786. The molecule has 1 heterocycles. The van der Waals surface area contributed by atoms with E-state index in [1.165, 1.54) is 5.57 Å². The molecule has 0 amide bonds. The standard InChI is InChI=1S/C19H21NO2S.ClH/c1-20(2)13-15-10-11-23(22)18-9-4-3-8-17(18)19(15)14-6-5-7-16(21)12-14;/h3-9,12,21H,10-11,13H2,1-2H3;1H. The molecule has 2 aromatic rings. The summed E-state index contributed by atoms with van der Waals surface area (Å²) in [6.45, 7) is 0.816. The number of halogens is 1. The maximum atomic E-state index is 12.6. The van der Waals surface area contributed by atoms with Gasteiger partial charge in [0.25, 0.3) is 0 Å². The van der Waals surface area contributed by atoms with E-state index in [4.69, 9.17) is 0 Å². The van der Waals surface area contributed by atoms with Crippen LogP contribution in [0.25, 0.3) is 5.57 Å². The smallest absolute Gasteiger partial charge is 0.116 e. The number of hydrogen-bond donors (Lipinski definition) is 1. The van der Waals surface area contributed by atoms with Crippen LogP contribution in [-0.2, 0) is 10.8 Å². The molecular weight excluding hydrogens is 342 g/mol. The maximum absolute atomic E-state index is 12.6. The summed E-state index contributed by atoms with van der Waals surface area (Å²) in [7, 11) is 3.09. The molecule has 1 atom stereocenters. The van der Waals surface area contributed by atoms with Crippen molar-refractivity contribution in [2.24, 2.45) is 0 Å². The number of benzene rings is 2. The number of phenolic OH excluding ortho intramolecular Hbond substituents is 1. The molecule has 0 bridgehead atoms. The summed E-state index contributed by atoms with van der Waals surface area (Å²) in [6, 6.07) is 15.2. The van der Waals surface area contributed by atoms with Crippen molar-refractivity contribution in [2.75, 3.05) is 26.4 Å². The highest BCUT2D eigenvalue weighted by Gasteiger charge is 2.22. The van der Waals surface area contributed by atoms with Gasteiger partial charge in [-0.15, -0.1) is 12.4 Å². The number of hydrogen-bond acceptors (Lipinski definition) is 3. The highest BCUT2D eigenvalue weighted by atomic mass is 35.5. The quantitative estimate of drug-likeness (QED) is 0.904. The fraction of sp³-hybridized carbons (Fsp3) is 0.263. The molecule has 3 nitrogen and oxygen atoms in total. The molecule has 0 radical (unpaired) electrons. The van der Waals surface area contributed by atoms with Gasteiger partial charge in [0.15, 0.2) is 0 Å². The lowest BCUT2D eigenvalue weighted by atomic mass is 9.91. The molecule has 1 aliphatic rings. The van der Waals surface area contributed by atoms with E-state index in [1.807, 2.05) is 50.5 Å². The van der Waals surface area contributed by atoms with Gasteiger partial charge in [-0.2, -0.15) is 0 Å². The zero-order valence-electron chi connectivity index (χ0n) is 13.9. The van der Waals surface area contributed by atoms with Crippen LogP contribution in [0, 0.1) is 0 Å². The molecule has 24 heavy (non-hydrogen) atoms. The van der Waals surface area contributed by atoms with Crippen LogP contribution in [0.5, 0.6) is 5.75 Å². The predicted octanol–water partition coefficient (Wildman–Crippen LogP) is 3.69. The molecule has 1 unspecified atom stereocenters. The minimum atomic E-state index is -0.991. The number of phenols is 1. The van der Waals surface area contributed by atoms with Crippen molar-refractivity contribution in [1.29, 1.82) is 0 Å². The Balaban J connectivity index is 0.00000208. The van der Waals surface area contributed by atoms with Gasteiger partial charge in [0, 0.05) is 17.2 Å². The largest absolute Gasteiger partial charge is 0.508 e. The second-order valence-corrected chi connectivity index (χ2v) is 7.60. The van der Waals surface area contributed by atoms with Crippen molar-refractivity contribution >= 4 is 28.8 Å². The summed E-state index contributed by atoms with van der Waals surface area (Å²) in [5.41, 5.74) is 4.37. The number of nitrogens with zero attached hydrogens (tertiary/aromatic N) is 1. The molecule has 0 saturated heterocycles. The number of aromatic hydroxyl groups is 1. The van der Waals surface area contributed by atoms with E-state index in [1.54, 1.807) is 12.1 Å². The SMILES string of the molecule is CN(C)CC1=C(c2cccc(O)c2)c2ccccc2S(=O)CC1.Cl. The lowest BCUT2D eigenvalue weighted by molar-refractivity contribution is 0.441. The average Bonchev–Trinajstić information content (AvgIpc) is 2.65. The normalized spacial score (nSPS) is 17.2. The Morgan fingerprint density at radius 2 is 1.88 bits per heavy atom. The summed E-state index contributed by atoms with van der Waals surface area (Å²) >= 11 is 0. The van der Waals surface area contributed by atoms with Gasteiger partial charge in [0.05, 0.1) is 10.8 Å². The molecular formula is C19H22ClNO2S. The fourth-order valence-corrected chi connectivity index (χ4v) is 4.37. The first-order valence-electron chi connectivity index (χ1n) is 7.70. The van der Waals surface area contributed by atoms with Crippen LogP contribution in [0.3, 0.4) is 0 Å². The van der Waals surface area contributed by atoms with Crippen LogP contribution in [0.1, 0.15) is 17.5 Å². The summed E-state index contributed by atoms with van der Waals surface area (Å²) in [5, 5.41) is 9.89. The molecule has 0 spiro atoms. The summed E-state index contributed by atoms with van der Waals surface area (Å²) in [5.74, 6) is 0.893. The average molecular weight is 364 g/mol. The Kier molecular flexibility index (Phi) is 6.21. The van der Waals surface area contributed by atoms with E-state index in [2.05, 4.69) is 4.90 Å². The van der Waals surface area contributed by atoms with Crippen molar-refractivity contribution < 1.29 is 9.32 Å². The van der Waals surface area contributed by atoms with Crippen molar-refractivity contribution in [1.82, 2.24) is 4.90 Å². The second-order valence-electron chi connectivity index (χ2n) is 6.06. The molecule has 1 aliphatic heterocycles. The van der Waals surface area contributed by atoms with Crippen LogP contribution in [0.2, 0.25) is 0 Å². The zero-order chi connectivity index (χ0) is 16.4. The summed E-state index contributed by atoms with van der Waals surface area (Å²) in [6.07, 6.45) is 0.796. The van der Waals surface area contributed by atoms with Gasteiger partial charge < -0.3 is 10.0 Å². The van der Waals surface area contributed by atoms with Crippen LogP contribution in [-0.4, -0.2) is 40.6 Å². The van der Waals surface area contributed by atoms with Crippen LogP contribution < -0.4 is 0 Å². The third-order valence-corrected chi connectivity index (χ3v) is 5.41. The van der Waals surface area contributed by atoms with Gasteiger partial charge in [-0.05, 0) is 61.0 Å². The van der Waals surface area contributed by atoms with Gasteiger partial charge in [0.2, 0.25) is 0 Å². The Morgan fingerprint density at radius 3 is 2.58 bits per heavy atom. The van der Waals surface area contributed by atoms with E-state index in [0.717, 1.165) is 34.6 Å². The lowest BCUT2D eigenvalue weighted by Crippen LogP contribution is -2.17. The number of fused-ring (bicyclic) bond motifs is 1. The monoisotopic (exact) mass is 363 g/mol. The van der Waals surface area contributed by atoms with Gasteiger partial charge in [-0.25, -0.2) is 0 Å². The minimum absolute atomic E-state index is 0. The van der Waals surface area contributed by atoms with Crippen molar-refractivity contribution in [3.05, 3.63) is 65.2 Å². The highest BCUT2D eigenvalue weighted by molar-refractivity contribution is 7.85. The molecule has 0 fully saturated rings. The molecule has 0 aromatic heterocycles. The molecule has 0 saturated carbocycles. The predicted molar refractivity (Wildman–Crippen MR) is 102 cm³/mol. The topological polar surface area (TPSA) is 40.5 Å². The molecule has 2 aromatic carbocycles. The van der Waals surface area contributed by atoms with E-state index >= 15 is 0 Å². The number of likely N-dealkylation sites (N-methyl/N-ethyl adjacent to an activating group) is 1. The van der Waals surface area contributed by atoms with Crippen molar-refractivity contribution in [2.45, 2.75) is 11.3 Å². The summed E-state index contributed by atoms with van der Waals surface area (Å²) in [4.78, 5) is 3.02. The molecule has 0 aliphatic carbocycles. The molecule has 128 valence electrons. The van der Waals surface area contributed by atoms with Gasteiger partial charge in [-0.1, -0.05) is 30.3 Å². The third kappa shape index (κ3) is 3.89.